The first-order chi connectivity index (χ1) is 8.56. The number of nitro groups is 1. The highest BCUT2D eigenvalue weighted by atomic mass is 79.9. The summed E-state index contributed by atoms with van der Waals surface area (Å²) in [6.07, 6.45) is 0. The minimum Gasteiger partial charge on any atom is -0.456 e. The lowest BCUT2D eigenvalue weighted by molar-refractivity contribution is -0.384. The third-order valence-electron chi connectivity index (χ3n) is 2.15. The van der Waals surface area contributed by atoms with Crippen molar-refractivity contribution in [3.8, 4) is 11.5 Å². The first-order valence-electron chi connectivity index (χ1n) is 4.93. The van der Waals surface area contributed by atoms with E-state index in [1.165, 1.54) is 12.1 Å². The van der Waals surface area contributed by atoms with Gasteiger partial charge in [-0.25, -0.2) is 0 Å². The predicted octanol–water partition coefficient (Wildman–Crippen LogP) is 4.91. The minimum atomic E-state index is -0.455. The van der Waals surface area contributed by atoms with E-state index in [2.05, 4.69) is 31.9 Å². The summed E-state index contributed by atoms with van der Waals surface area (Å²) in [5.41, 5.74) is 0.000680. The van der Waals surface area contributed by atoms with Crippen LogP contribution >= 0.6 is 31.9 Å². The second-order valence-electron chi connectivity index (χ2n) is 3.43. The van der Waals surface area contributed by atoms with Crippen LogP contribution in [0, 0.1) is 10.1 Å². The van der Waals surface area contributed by atoms with Crippen molar-refractivity contribution in [3.05, 3.63) is 61.5 Å². The smallest absolute Gasteiger partial charge is 0.273 e. The SMILES string of the molecule is O=[N+]([O-])c1cccc(Oc2ccc(Br)cc2Br)c1. The molecule has 0 aromatic heterocycles. The van der Waals surface area contributed by atoms with Crippen molar-refractivity contribution in [2.75, 3.05) is 0 Å². The second-order valence-corrected chi connectivity index (χ2v) is 5.20. The van der Waals surface area contributed by atoms with Crippen molar-refractivity contribution in [3.63, 3.8) is 0 Å². The fourth-order valence-electron chi connectivity index (χ4n) is 1.35. The normalized spacial score (nSPS) is 10.1. The van der Waals surface area contributed by atoms with E-state index in [1.54, 1.807) is 18.2 Å². The highest BCUT2D eigenvalue weighted by molar-refractivity contribution is 9.11. The molecule has 0 fully saturated rings. The number of benzene rings is 2. The van der Waals surface area contributed by atoms with Crippen molar-refractivity contribution >= 4 is 37.5 Å². The zero-order chi connectivity index (χ0) is 13.1. The number of rotatable bonds is 3. The van der Waals surface area contributed by atoms with Crippen LogP contribution < -0.4 is 4.74 Å². The number of non-ortho nitro benzene ring substituents is 1. The van der Waals surface area contributed by atoms with Crippen molar-refractivity contribution in [2.45, 2.75) is 0 Å². The standard InChI is InChI=1S/C12H7Br2NO3/c13-8-4-5-12(11(14)6-8)18-10-3-1-2-9(7-10)15(16)17/h1-7H. The van der Waals surface area contributed by atoms with Gasteiger partial charge in [-0.1, -0.05) is 22.0 Å². The Morgan fingerprint density at radius 2 is 1.89 bits per heavy atom. The molecule has 0 aliphatic rings. The molecule has 0 saturated heterocycles. The Balaban J connectivity index is 2.28. The first-order valence-corrected chi connectivity index (χ1v) is 6.52. The molecule has 0 aliphatic heterocycles. The molecule has 6 heteroatoms. The van der Waals surface area contributed by atoms with Gasteiger partial charge in [-0.15, -0.1) is 0 Å². The lowest BCUT2D eigenvalue weighted by Crippen LogP contribution is -1.90. The van der Waals surface area contributed by atoms with E-state index in [4.69, 9.17) is 4.74 Å². The van der Waals surface area contributed by atoms with Gasteiger partial charge in [0.1, 0.15) is 11.5 Å². The van der Waals surface area contributed by atoms with Crippen LogP contribution in [-0.4, -0.2) is 4.92 Å². The van der Waals surface area contributed by atoms with Crippen LogP contribution in [0.4, 0.5) is 5.69 Å². The van der Waals surface area contributed by atoms with Gasteiger partial charge in [-0.2, -0.15) is 0 Å². The van der Waals surface area contributed by atoms with E-state index in [-0.39, 0.29) is 5.69 Å². The first kappa shape index (κ1) is 13.0. The summed E-state index contributed by atoms with van der Waals surface area (Å²) >= 11 is 6.70. The summed E-state index contributed by atoms with van der Waals surface area (Å²) < 4.78 is 7.27. The van der Waals surface area contributed by atoms with E-state index in [9.17, 15) is 10.1 Å². The van der Waals surface area contributed by atoms with E-state index in [0.29, 0.717) is 11.5 Å². The maximum Gasteiger partial charge on any atom is 0.273 e. The molecule has 0 spiro atoms. The number of nitro benzene ring substituents is 1. The van der Waals surface area contributed by atoms with Crippen LogP contribution in [0.25, 0.3) is 0 Å². The fraction of sp³-hybridized carbons (Fsp3) is 0. The average Bonchev–Trinajstić information content (AvgIpc) is 2.33. The lowest BCUT2D eigenvalue weighted by atomic mass is 10.3. The van der Waals surface area contributed by atoms with E-state index in [1.807, 2.05) is 12.1 Å². The van der Waals surface area contributed by atoms with Crippen molar-refractivity contribution in [1.82, 2.24) is 0 Å². The molecule has 0 N–H and O–H groups in total. The Bertz CT molecular complexity index is 602. The molecule has 92 valence electrons. The molecule has 0 radical (unpaired) electrons. The summed E-state index contributed by atoms with van der Waals surface area (Å²) in [7, 11) is 0. The van der Waals surface area contributed by atoms with Crippen LogP contribution in [0.1, 0.15) is 0 Å². The Morgan fingerprint density at radius 3 is 2.56 bits per heavy atom. The van der Waals surface area contributed by atoms with Crippen LogP contribution in [0.5, 0.6) is 11.5 Å². The van der Waals surface area contributed by atoms with Gasteiger partial charge in [0, 0.05) is 10.5 Å². The summed E-state index contributed by atoms with van der Waals surface area (Å²) in [5.74, 6) is 1.02. The highest BCUT2D eigenvalue weighted by Gasteiger charge is 2.08. The second kappa shape index (κ2) is 5.49. The van der Waals surface area contributed by atoms with Crippen molar-refractivity contribution in [1.29, 1.82) is 0 Å². The molecule has 0 heterocycles. The molecule has 4 nitrogen and oxygen atoms in total. The third kappa shape index (κ3) is 3.08. The molecular weight excluding hydrogens is 366 g/mol. The van der Waals surface area contributed by atoms with E-state index in [0.717, 1.165) is 8.95 Å². The molecule has 2 aromatic carbocycles. The summed E-state index contributed by atoms with van der Waals surface area (Å²) in [6, 6.07) is 11.5. The molecule has 2 rings (SSSR count). The van der Waals surface area contributed by atoms with Crippen LogP contribution in [-0.2, 0) is 0 Å². The van der Waals surface area contributed by atoms with Crippen LogP contribution in [0.3, 0.4) is 0 Å². The lowest BCUT2D eigenvalue weighted by Gasteiger charge is -2.07. The zero-order valence-corrected chi connectivity index (χ0v) is 12.1. The maximum absolute atomic E-state index is 10.7. The molecule has 0 amide bonds. The maximum atomic E-state index is 10.7. The van der Waals surface area contributed by atoms with Gasteiger partial charge < -0.3 is 4.74 Å². The Kier molecular flexibility index (Phi) is 3.98. The number of nitrogens with zero attached hydrogens (tertiary/aromatic N) is 1. The number of hydrogen-bond acceptors (Lipinski definition) is 3. The molecular formula is C12H7Br2NO3. The number of ether oxygens (including phenoxy) is 1. The largest absolute Gasteiger partial charge is 0.456 e. The van der Waals surface area contributed by atoms with Crippen molar-refractivity contribution in [2.24, 2.45) is 0 Å². The number of hydrogen-bond donors (Lipinski definition) is 0. The molecule has 0 unspecified atom stereocenters. The third-order valence-corrected chi connectivity index (χ3v) is 3.26. The average molecular weight is 373 g/mol. The molecule has 0 bridgehead atoms. The Morgan fingerprint density at radius 1 is 1.11 bits per heavy atom. The van der Waals surface area contributed by atoms with Crippen LogP contribution in [0.15, 0.2) is 51.4 Å². The molecule has 0 aliphatic carbocycles. The minimum absolute atomic E-state index is 0.000680. The van der Waals surface area contributed by atoms with E-state index < -0.39 is 4.92 Å². The van der Waals surface area contributed by atoms with Gasteiger partial charge in [0.2, 0.25) is 0 Å². The molecule has 0 saturated carbocycles. The summed E-state index contributed by atoms with van der Waals surface area (Å²) in [4.78, 5) is 10.2. The Labute approximate surface area is 120 Å². The highest BCUT2D eigenvalue weighted by Crippen LogP contribution is 2.32. The predicted molar refractivity (Wildman–Crippen MR) is 75.0 cm³/mol. The number of halogens is 2. The monoisotopic (exact) mass is 371 g/mol. The van der Waals surface area contributed by atoms with E-state index >= 15 is 0 Å². The van der Waals surface area contributed by atoms with Crippen molar-refractivity contribution < 1.29 is 9.66 Å². The molecule has 0 atom stereocenters. The van der Waals surface area contributed by atoms with Gasteiger partial charge in [0.15, 0.2) is 0 Å². The van der Waals surface area contributed by atoms with Gasteiger partial charge in [0.05, 0.1) is 15.5 Å². The molecule has 18 heavy (non-hydrogen) atoms. The van der Waals surface area contributed by atoms with Gasteiger partial charge >= 0.3 is 0 Å². The Hall–Kier alpha value is -1.40. The van der Waals surface area contributed by atoms with Gasteiger partial charge in [-0.3, -0.25) is 10.1 Å². The molecule has 2 aromatic rings. The summed E-state index contributed by atoms with van der Waals surface area (Å²) in [5, 5.41) is 10.7. The fourth-order valence-corrected chi connectivity index (χ4v) is 2.47. The summed E-state index contributed by atoms with van der Waals surface area (Å²) in [6.45, 7) is 0. The van der Waals surface area contributed by atoms with Crippen LogP contribution in [0.2, 0.25) is 0 Å². The topological polar surface area (TPSA) is 52.4 Å². The van der Waals surface area contributed by atoms with Gasteiger partial charge in [0.25, 0.3) is 5.69 Å². The zero-order valence-electron chi connectivity index (χ0n) is 8.97. The van der Waals surface area contributed by atoms with Gasteiger partial charge in [-0.05, 0) is 40.2 Å². The quantitative estimate of drug-likeness (QED) is 0.568.